The van der Waals surface area contributed by atoms with E-state index >= 15 is 0 Å². The molecule has 0 aliphatic rings. The largest absolute Gasteiger partial charge is 3.00 e. The molecule has 0 aromatic heterocycles. The van der Waals surface area contributed by atoms with Crippen molar-refractivity contribution in [2.45, 2.75) is 93.2 Å². The van der Waals surface area contributed by atoms with Crippen molar-refractivity contribution in [3.8, 4) is 0 Å². The van der Waals surface area contributed by atoms with E-state index in [0.717, 1.165) is 14.7 Å². The molecule has 0 atom stereocenters. The number of hydrogen-bond acceptors (Lipinski definition) is 3. The summed E-state index contributed by atoms with van der Waals surface area (Å²) in [4.78, 5) is 2.74. The molecule has 0 saturated heterocycles. The maximum absolute atomic E-state index is 4.99. The molecular formula is C30H39AuS3. The number of hydrogen-bond donors (Lipinski definition) is 0. The van der Waals surface area contributed by atoms with Crippen LogP contribution in [0.25, 0.3) is 0 Å². The first-order valence-electron chi connectivity index (χ1n) is 11.3. The molecule has 0 amide bonds. The molecule has 0 N–H and O–H groups in total. The summed E-state index contributed by atoms with van der Waals surface area (Å²) in [6.45, 7) is 19.8. The van der Waals surface area contributed by atoms with E-state index in [4.69, 9.17) is 37.9 Å². The van der Waals surface area contributed by atoms with Crippen LogP contribution in [0.5, 0.6) is 0 Å². The van der Waals surface area contributed by atoms with Crippen LogP contribution in [0.4, 0.5) is 0 Å². The van der Waals surface area contributed by atoms with Gasteiger partial charge in [0.1, 0.15) is 0 Å². The molecule has 0 bridgehead atoms. The van der Waals surface area contributed by atoms with Crippen LogP contribution in [0.3, 0.4) is 0 Å². The van der Waals surface area contributed by atoms with E-state index < -0.39 is 0 Å². The third-order valence-electron chi connectivity index (χ3n) is 5.16. The second kappa shape index (κ2) is 14.0. The predicted octanol–water partition coefficient (Wildman–Crippen LogP) is 8.67. The van der Waals surface area contributed by atoms with Gasteiger partial charge in [0, 0.05) is 0 Å². The first-order chi connectivity index (χ1) is 15.0. The van der Waals surface area contributed by atoms with Gasteiger partial charge in [0.2, 0.25) is 0 Å². The van der Waals surface area contributed by atoms with Gasteiger partial charge in [-0.2, -0.15) is 14.7 Å². The summed E-state index contributed by atoms with van der Waals surface area (Å²) in [6.07, 6.45) is 0. The van der Waals surface area contributed by atoms with Crippen LogP contribution >= 0.6 is 0 Å². The van der Waals surface area contributed by atoms with Gasteiger partial charge in [0.25, 0.3) is 0 Å². The standard InChI is InChI=1S/3C10H14S.Au/c3*1-10(2,3)8-4-6-9(11)7-5-8;/h3*4-7,11H,1-3H3;/q;;;+3/p-3. The van der Waals surface area contributed by atoms with E-state index in [2.05, 4.69) is 98.7 Å². The van der Waals surface area contributed by atoms with Crippen molar-refractivity contribution in [2.75, 3.05) is 0 Å². The van der Waals surface area contributed by atoms with Crippen LogP contribution in [0.2, 0.25) is 0 Å². The van der Waals surface area contributed by atoms with E-state index in [0.29, 0.717) is 0 Å². The van der Waals surface area contributed by atoms with Gasteiger partial charge in [-0.15, -0.1) is 0 Å². The minimum Gasteiger partial charge on any atom is -0.780 e. The van der Waals surface area contributed by atoms with Crippen LogP contribution < -0.4 is 0 Å². The Morgan fingerprint density at radius 3 is 0.618 bits per heavy atom. The molecule has 0 aliphatic heterocycles. The Morgan fingerprint density at radius 2 is 0.500 bits per heavy atom. The van der Waals surface area contributed by atoms with Gasteiger partial charge < -0.3 is 37.9 Å². The zero-order chi connectivity index (χ0) is 25.4. The summed E-state index contributed by atoms with van der Waals surface area (Å²) >= 11 is 15.0. The molecule has 4 heteroatoms. The van der Waals surface area contributed by atoms with Crippen LogP contribution in [-0.2, 0) is 76.5 Å². The van der Waals surface area contributed by atoms with Crippen LogP contribution in [0.15, 0.2) is 87.5 Å². The summed E-state index contributed by atoms with van der Waals surface area (Å²) < 4.78 is 0. The first-order valence-corrected chi connectivity index (χ1v) is 12.6. The van der Waals surface area contributed by atoms with E-state index in [1.54, 1.807) is 0 Å². The Hall–Kier alpha value is -0.940. The minimum atomic E-state index is 0. The minimum absolute atomic E-state index is 0. The van der Waals surface area contributed by atoms with Gasteiger partial charge in [-0.1, -0.05) is 135 Å². The second-order valence-corrected chi connectivity index (χ2v) is 12.7. The second-order valence-electron chi connectivity index (χ2n) is 11.3. The van der Waals surface area contributed by atoms with Crippen LogP contribution in [0.1, 0.15) is 79.0 Å². The van der Waals surface area contributed by atoms with Crippen molar-refractivity contribution in [1.82, 2.24) is 0 Å². The van der Waals surface area contributed by atoms with Crippen molar-refractivity contribution in [3.63, 3.8) is 0 Å². The summed E-state index contributed by atoms with van der Waals surface area (Å²) in [5, 5.41) is 0. The molecule has 0 unspecified atom stereocenters. The fraction of sp³-hybridized carbons (Fsp3) is 0.400. The average molecular weight is 693 g/mol. The molecule has 0 fully saturated rings. The maximum atomic E-state index is 4.99. The van der Waals surface area contributed by atoms with Crippen LogP contribution in [0, 0.1) is 0 Å². The third-order valence-corrected chi connectivity index (χ3v) is 5.98. The maximum Gasteiger partial charge on any atom is 3.00 e. The summed E-state index contributed by atoms with van der Waals surface area (Å²) in [5.74, 6) is 0. The molecule has 0 radical (unpaired) electrons. The number of rotatable bonds is 0. The fourth-order valence-electron chi connectivity index (χ4n) is 2.86. The van der Waals surface area contributed by atoms with Gasteiger partial charge in [-0.3, -0.25) is 0 Å². The SMILES string of the molecule is CC(C)(C)c1ccc([S-])cc1.CC(C)(C)c1ccc([S-])cc1.CC(C)(C)c1ccc([S-])cc1.[Au+3]. The molecular weight excluding hydrogens is 653 g/mol. The summed E-state index contributed by atoms with van der Waals surface area (Å²) in [6, 6.07) is 24.5. The molecule has 34 heavy (non-hydrogen) atoms. The van der Waals surface area contributed by atoms with Gasteiger partial charge in [-0.05, 0) is 32.9 Å². The molecule has 188 valence electrons. The van der Waals surface area contributed by atoms with Gasteiger partial charge >= 0.3 is 22.4 Å². The van der Waals surface area contributed by atoms with E-state index in [1.165, 1.54) is 16.7 Å². The smallest absolute Gasteiger partial charge is 0.780 e. The third kappa shape index (κ3) is 12.7. The van der Waals surface area contributed by atoms with Gasteiger partial charge in [-0.25, -0.2) is 0 Å². The molecule has 0 saturated carbocycles. The topological polar surface area (TPSA) is 0 Å². The molecule has 0 heterocycles. The zero-order valence-electron chi connectivity index (χ0n) is 22.0. The first kappa shape index (κ1) is 33.1. The molecule has 3 rings (SSSR count). The molecule has 0 nitrogen and oxygen atoms in total. The Kier molecular flexibility index (Phi) is 13.6. The van der Waals surface area contributed by atoms with Crippen molar-refractivity contribution >= 4 is 37.9 Å². The van der Waals surface area contributed by atoms with Crippen molar-refractivity contribution in [3.05, 3.63) is 89.5 Å². The Morgan fingerprint density at radius 1 is 0.353 bits per heavy atom. The van der Waals surface area contributed by atoms with Crippen molar-refractivity contribution in [1.29, 1.82) is 0 Å². The Balaban J connectivity index is 0.000000473. The quantitative estimate of drug-likeness (QED) is 0.171. The van der Waals surface area contributed by atoms with E-state index in [1.807, 2.05) is 36.4 Å². The number of benzene rings is 3. The predicted molar refractivity (Wildman–Crippen MR) is 152 cm³/mol. The Labute approximate surface area is 241 Å². The van der Waals surface area contributed by atoms with E-state index in [9.17, 15) is 0 Å². The fourth-order valence-corrected chi connectivity index (χ4v) is 3.27. The monoisotopic (exact) mass is 692 g/mol. The van der Waals surface area contributed by atoms with Gasteiger partial charge in [0.15, 0.2) is 0 Å². The summed E-state index contributed by atoms with van der Waals surface area (Å²) in [5.41, 5.74) is 4.73. The summed E-state index contributed by atoms with van der Waals surface area (Å²) in [7, 11) is 0. The molecule has 3 aromatic carbocycles. The Bertz CT molecular complexity index is 823. The van der Waals surface area contributed by atoms with Gasteiger partial charge in [0.05, 0.1) is 0 Å². The normalized spacial score (nSPS) is 11.2. The van der Waals surface area contributed by atoms with E-state index in [-0.39, 0.29) is 38.6 Å². The molecule has 3 aromatic rings. The molecule has 0 spiro atoms. The van der Waals surface area contributed by atoms with Crippen molar-refractivity contribution < 1.29 is 22.4 Å². The molecule has 0 aliphatic carbocycles. The van der Waals surface area contributed by atoms with Crippen LogP contribution in [-0.4, -0.2) is 0 Å². The average Bonchev–Trinajstić information content (AvgIpc) is 2.68. The zero-order valence-corrected chi connectivity index (χ0v) is 26.6. The van der Waals surface area contributed by atoms with Crippen molar-refractivity contribution in [2.24, 2.45) is 0 Å².